The smallest absolute Gasteiger partial charge is 0.238 e. The first-order valence-corrected chi connectivity index (χ1v) is 8.40. The van der Waals surface area contributed by atoms with E-state index in [-0.39, 0.29) is 17.8 Å². The van der Waals surface area contributed by atoms with Gasteiger partial charge in [-0.25, -0.2) is 4.39 Å². The van der Waals surface area contributed by atoms with Gasteiger partial charge in [-0.15, -0.1) is 0 Å². The molecule has 126 valence electrons. The molecule has 0 aliphatic carbocycles. The maximum atomic E-state index is 13.1. The van der Waals surface area contributed by atoms with Crippen LogP contribution in [-0.4, -0.2) is 23.9 Å². The lowest BCUT2D eigenvalue weighted by molar-refractivity contribution is -0.117. The Morgan fingerprint density at radius 2 is 1.96 bits per heavy atom. The molecule has 1 aliphatic rings. The molecule has 0 radical (unpaired) electrons. The van der Waals surface area contributed by atoms with Crippen LogP contribution in [0.3, 0.4) is 0 Å². The minimum atomic E-state index is -0.226. The first-order valence-electron chi connectivity index (χ1n) is 8.40. The van der Waals surface area contributed by atoms with Gasteiger partial charge in [0.2, 0.25) is 5.91 Å². The Morgan fingerprint density at radius 3 is 2.71 bits per heavy atom. The van der Waals surface area contributed by atoms with Gasteiger partial charge in [0.25, 0.3) is 0 Å². The Bertz CT molecular complexity index is 727. The second-order valence-corrected chi connectivity index (χ2v) is 6.48. The summed E-state index contributed by atoms with van der Waals surface area (Å²) < 4.78 is 13.1. The van der Waals surface area contributed by atoms with Crippen LogP contribution in [0, 0.1) is 19.7 Å². The molecule has 0 saturated carbocycles. The highest BCUT2D eigenvalue weighted by molar-refractivity contribution is 5.93. The number of carbonyl (C=O) groups excluding carboxylic acids is 1. The molecule has 1 fully saturated rings. The van der Waals surface area contributed by atoms with E-state index in [4.69, 9.17) is 0 Å². The summed E-state index contributed by atoms with van der Waals surface area (Å²) in [5, 5.41) is 3.02. The Kier molecular flexibility index (Phi) is 4.95. The minimum absolute atomic E-state index is 0.00212. The number of nitrogens with one attached hydrogen (secondary N) is 1. The van der Waals surface area contributed by atoms with Crippen LogP contribution >= 0.6 is 0 Å². The first kappa shape index (κ1) is 16.7. The molecular formula is C20H23FN2O. The number of carbonyl (C=O) groups is 1. The van der Waals surface area contributed by atoms with Crippen molar-refractivity contribution < 1.29 is 9.18 Å². The molecule has 2 aromatic rings. The van der Waals surface area contributed by atoms with E-state index in [1.807, 2.05) is 44.2 Å². The van der Waals surface area contributed by atoms with Gasteiger partial charge in [0.05, 0.1) is 6.54 Å². The SMILES string of the molecule is Cc1cccc(NC(=O)CN2CCCC2c2ccc(F)cc2)c1C. The minimum Gasteiger partial charge on any atom is -0.325 e. The second kappa shape index (κ2) is 7.14. The summed E-state index contributed by atoms with van der Waals surface area (Å²) in [5.74, 6) is -0.228. The summed E-state index contributed by atoms with van der Waals surface area (Å²) in [7, 11) is 0. The molecule has 1 atom stereocenters. The molecule has 3 nitrogen and oxygen atoms in total. The predicted octanol–water partition coefficient (Wildman–Crippen LogP) is 4.22. The second-order valence-electron chi connectivity index (χ2n) is 6.48. The maximum Gasteiger partial charge on any atom is 0.238 e. The molecular weight excluding hydrogens is 303 g/mol. The fourth-order valence-corrected chi connectivity index (χ4v) is 3.34. The van der Waals surface area contributed by atoms with E-state index in [2.05, 4.69) is 10.2 Å². The van der Waals surface area contributed by atoms with Crippen molar-refractivity contribution in [3.8, 4) is 0 Å². The number of aryl methyl sites for hydroxylation is 1. The van der Waals surface area contributed by atoms with Crippen molar-refractivity contribution in [2.24, 2.45) is 0 Å². The third-order valence-electron chi connectivity index (χ3n) is 4.84. The standard InChI is InChI=1S/C20H23FN2O/c1-14-5-3-6-18(15(14)2)22-20(24)13-23-12-4-7-19(23)16-8-10-17(21)11-9-16/h3,5-6,8-11,19H,4,7,12-13H2,1-2H3,(H,22,24). The number of likely N-dealkylation sites (tertiary alicyclic amines) is 1. The van der Waals surface area contributed by atoms with Crippen LogP contribution in [0.4, 0.5) is 10.1 Å². The van der Waals surface area contributed by atoms with Gasteiger partial charge >= 0.3 is 0 Å². The van der Waals surface area contributed by atoms with Crippen molar-refractivity contribution in [3.63, 3.8) is 0 Å². The highest BCUT2D eigenvalue weighted by Gasteiger charge is 2.27. The third kappa shape index (κ3) is 3.65. The van der Waals surface area contributed by atoms with E-state index in [1.54, 1.807) is 0 Å². The number of nitrogens with zero attached hydrogens (tertiary/aromatic N) is 1. The molecule has 1 amide bonds. The molecule has 1 heterocycles. The van der Waals surface area contributed by atoms with Crippen LogP contribution in [0.5, 0.6) is 0 Å². The van der Waals surface area contributed by atoms with E-state index >= 15 is 0 Å². The number of rotatable bonds is 4. The van der Waals surface area contributed by atoms with E-state index in [1.165, 1.54) is 12.1 Å². The van der Waals surface area contributed by atoms with E-state index in [0.717, 1.165) is 41.8 Å². The molecule has 2 aromatic carbocycles. The van der Waals surface area contributed by atoms with Crippen molar-refractivity contribution in [1.82, 2.24) is 4.90 Å². The molecule has 0 aromatic heterocycles. The van der Waals surface area contributed by atoms with Crippen molar-refractivity contribution in [3.05, 3.63) is 65.0 Å². The zero-order valence-electron chi connectivity index (χ0n) is 14.2. The summed E-state index contributed by atoms with van der Waals surface area (Å²) >= 11 is 0. The first-order chi connectivity index (χ1) is 11.5. The topological polar surface area (TPSA) is 32.3 Å². The number of hydrogen-bond acceptors (Lipinski definition) is 2. The van der Waals surface area contributed by atoms with Crippen LogP contribution in [0.1, 0.15) is 35.6 Å². The summed E-state index contributed by atoms with van der Waals surface area (Å²) in [6.45, 7) is 5.30. The zero-order valence-corrected chi connectivity index (χ0v) is 14.2. The van der Waals surface area contributed by atoms with Gasteiger partial charge in [0, 0.05) is 11.7 Å². The Hall–Kier alpha value is -2.20. The van der Waals surface area contributed by atoms with E-state index < -0.39 is 0 Å². The lowest BCUT2D eigenvalue weighted by Crippen LogP contribution is -2.33. The van der Waals surface area contributed by atoms with Crippen molar-refractivity contribution in [2.75, 3.05) is 18.4 Å². The highest BCUT2D eigenvalue weighted by Crippen LogP contribution is 2.31. The van der Waals surface area contributed by atoms with Crippen molar-refractivity contribution >= 4 is 11.6 Å². The summed E-state index contributed by atoms with van der Waals surface area (Å²) in [5.41, 5.74) is 4.21. The monoisotopic (exact) mass is 326 g/mol. The van der Waals surface area contributed by atoms with Crippen LogP contribution in [0.2, 0.25) is 0 Å². The van der Waals surface area contributed by atoms with Gasteiger partial charge < -0.3 is 5.32 Å². The van der Waals surface area contributed by atoms with Crippen molar-refractivity contribution in [2.45, 2.75) is 32.7 Å². The van der Waals surface area contributed by atoms with Crippen LogP contribution in [-0.2, 0) is 4.79 Å². The lowest BCUT2D eigenvalue weighted by atomic mass is 10.0. The fraction of sp³-hybridized carbons (Fsp3) is 0.350. The van der Waals surface area contributed by atoms with Gasteiger partial charge in [-0.2, -0.15) is 0 Å². The normalized spacial score (nSPS) is 17.9. The summed E-state index contributed by atoms with van der Waals surface area (Å²) in [6, 6.07) is 12.7. The van der Waals surface area contributed by atoms with Gasteiger partial charge in [0.1, 0.15) is 5.82 Å². The van der Waals surface area contributed by atoms with Crippen molar-refractivity contribution in [1.29, 1.82) is 0 Å². The Balaban J connectivity index is 1.67. The zero-order chi connectivity index (χ0) is 17.1. The Morgan fingerprint density at radius 1 is 1.21 bits per heavy atom. The molecule has 24 heavy (non-hydrogen) atoms. The van der Waals surface area contributed by atoms with Crippen LogP contribution in [0.25, 0.3) is 0 Å². The van der Waals surface area contributed by atoms with Gasteiger partial charge in [-0.3, -0.25) is 9.69 Å². The lowest BCUT2D eigenvalue weighted by Gasteiger charge is -2.24. The molecule has 1 aliphatic heterocycles. The number of anilines is 1. The predicted molar refractivity (Wildman–Crippen MR) is 94.5 cm³/mol. The van der Waals surface area contributed by atoms with E-state index in [0.29, 0.717) is 6.54 Å². The molecule has 0 bridgehead atoms. The largest absolute Gasteiger partial charge is 0.325 e. The van der Waals surface area contributed by atoms with Crippen LogP contribution < -0.4 is 5.32 Å². The fourth-order valence-electron chi connectivity index (χ4n) is 3.34. The highest BCUT2D eigenvalue weighted by atomic mass is 19.1. The van der Waals surface area contributed by atoms with Gasteiger partial charge in [-0.1, -0.05) is 24.3 Å². The Labute approximate surface area is 142 Å². The number of hydrogen-bond donors (Lipinski definition) is 1. The van der Waals surface area contributed by atoms with Crippen LogP contribution in [0.15, 0.2) is 42.5 Å². The molecule has 1 saturated heterocycles. The van der Waals surface area contributed by atoms with Gasteiger partial charge in [-0.05, 0) is 68.1 Å². The number of amides is 1. The molecule has 3 rings (SSSR count). The average molecular weight is 326 g/mol. The number of benzene rings is 2. The van der Waals surface area contributed by atoms with Gasteiger partial charge in [0.15, 0.2) is 0 Å². The molecule has 4 heteroatoms. The maximum absolute atomic E-state index is 13.1. The molecule has 0 spiro atoms. The molecule has 1 unspecified atom stereocenters. The summed E-state index contributed by atoms with van der Waals surface area (Å²) in [4.78, 5) is 14.6. The molecule has 1 N–H and O–H groups in total. The third-order valence-corrected chi connectivity index (χ3v) is 4.84. The van der Waals surface area contributed by atoms with E-state index in [9.17, 15) is 9.18 Å². The average Bonchev–Trinajstić information content (AvgIpc) is 3.00. The quantitative estimate of drug-likeness (QED) is 0.912. The number of halogens is 1. The summed E-state index contributed by atoms with van der Waals surface area (Å²) in [6.07, 6.45) is 2.06.